The third-order valence-corrected chi connectivity index (χ3v) is 2.58. The van der Waals surface area contributed by atoms with Crippen LogP contribution in [-0.4, -0.2) is 9.78 Å². The first kappa shape index (κ1) is 10.8. The number of halogens is 1. The van der Waals surface area contributed by atoms with Gasteiger partial charge in [-0.15, -0.1) is 0 Å². The minimum Gasteiger partial charge on any atom is -0.398 e. The minimum absolute atomic E-state index is 0.584. The Kier molecular flexibility index (Phi) is 3.01. The molecule has 0 fully saturated rings. The number of aromatic nitrogens is 2. The summed E-state index contributed by atoms with van der Waals surface area (Å²) < 4.78 is 1.75. The van der Waals surface area contributed by atoms with Crippen molar-refractivity contribution in [1.29, 1.82) is 0 Å². The first-order chi connectivity index (χ1) is 7.65. The van der Waals surface area contributed by atoms with Gasteiger partial charge in [0.1, 0.15) is 5.82 Å². The van der Waals surface area contributed by atoms with E-state index in [-0.39, 0.29) is 0 Å². The number of nitrogens with two attached hydrogens (primary N) is 1. The van der Waals surface area contributed by atoms with Crippen LogP contribution in [0.25, 0.3) is 0 Å². The van der Waals surface area contributed by atoms with Gasteiger partial charge in [0.2, 0.25) is 0 Å². The summed E-state index contributed by atoms with van der Waals surface area (Å²) in [7, 11) is 1.88. The van der Waals surface area contributed by atoms with Crippen LogP contribution < -0.4 is 11.1 Å². The van der Waals surface area contributed by atoms with Crippen molar-refractivity contribution in [3.05, 3.63) is 41.0 Å². The normalized spacial score (nSPS) is 10.4. The van der Waals surface area contributed by atoms with Crippen molar-refractivity contribution in [2.24, 2.45) is 7.05 Å². The van der Waals surface area contributed by atoms with Gasteiger partial charge in [-0.05, 0) is 17.7 Å². The van der Waals surface area contributed by atoms with Crippen molar-refractivity contribution in [1.82, 2.24) is 9.78 Å². The zero-order chi connectivity index (χ0) is 11.5. The van der Waals surface area contributed by atoms with Gasteiger partial charge in [0.25, 0.3) is 0 Å². The average Bonchev–Trinajstić information content (AvgIpc) is 2.66. The Morgan fingerprint density at radius 1 is 1.44 bits per heavy atom. The molecule has 1 aromatic carbocycles. The van der Waals surface area contributed by atoms with Gasteiger partial charge in [0.05, 0.1) is 10.7 Å². The molecule has 1 heterocycles. The number of nitrogens with one attached hydrogen (secondary N) is 1. The molecule has 84 valence electrons. The molecule has 0 spiro atoms. The van der Waals surface area contributed by atoms with Crippen LogP contribution in [0, 0.1) is 0 Å². The summed E-state index contributed by atoms with van der Waals surface area (Å²) in [5.74, 6) is 0.843. The van der Waals surface area contributed by atoms with E-state index in [0.717, 1.165) is 11.4 Å². The lowest BCUT2D eigenvalue weighted by atomic mass is 10.2. The molecule has 2 rings (SSSR count). The lowest BCUT2D eigenvalue weighted by molar-refractivity contribution is 0.768. The molecule has 0 saturated carbocycles. The van der Waals surface area contributed by atoms with E-state index < -0.39 is 0 Å². The van der Waals surface area contributed by atoms with Gasteiger partial charge in [-0.2, -0.15) is 5.10 Å². The number of nitrogens with zero attached hydrogens (tertiary/aromatic N) is 2. The van der Waals surface area contributed by atoms with Crippen LogP contribution in [0.15, 0.2) is 30.5 Å². The summed E-state index contributed by atoms with van der Waals surface area (Å²) in [5, 5.41) is 7.99. The Labute approximate surface area is 99.0 Å². The van der Waals surface area contributed by atoms with Crippen LogP contribution >= 0.6 is 11.6 Å². The molecule has 0 bridgehead atoms. The summed E-state index contributed by atoms with van der Waals surface area (Å²) in [6.45, 7) is 0.678. The summed E-state index contributed by atoms with van der Waals surface area (Å²) in [5.41, 5.74) is 7.31. The molecule has 4 nitrogen and oxygen atoms in total. The highest BCUT2D eigenvalue weighted by atomic mass is 35.5. The Morgan fingerprint density at radius 2 is 2.25 bits per heavy atom. The first-order valence-electron chi connectivity index (χ1n) is 4.92. The molecule has 0 aliphatic carbocycles. The van der Waals surface area contributed by atoms with Crippen LogP contribution in [-0.2, 0) is 13.6 Å². The SMILES string of the molecule is Cn1ccc(NCc2ccc(N)c(Cl)c2)n1. The Hall–Kier alpha value is -1.68. The fourth-order valence-electron chi connectivity index (χ4n) is 1.38. The van der Waals surface area contributed by atoms with Gasteiger partial charge in [0, 0.05) is 25.9 Å². The molecular formula is C11H13ClN4. The van der Waals surface area contributed by atoms with Crippen molar-refractivity contribution in [3.8, 4) is 0 Å². The van der Waals surface area contributed by atoms with E-state index in [1.165, 1.54) is 0 Å². The quantitative estimate of drug-likeness (QED) is 0.804. The number of nitrogen functional groups attached to an aromatic ring is 1. The van der Waals surface area contributed by atoms with Gasteiger partial charge in [-0.1, -0.05) is 17.7 Å². The Morgan fingerprint density at radius 3 is 2.88 bits per heavy atom. The second-order valence-corrected chi connectivity index (χ2v) is 3.99. The van der Waals surface area contributed by atoms with Crippen LogP contribution in [0.1, 0.15) is 5.56 Å². The van der Waals surface area contributed by atoms with Crippen molar-refractivity contribution < 1.29 is 0 Å². The van der Waals surface area contributed by atoms with Crippen LogP contribution in [0.4, 0.5) is 11.5 Å². The van der Waals surface area contributed by atoms with Crippen molar-refractivity contribution in [2.45, 2.75) is 6.54 Å². The van der Waals surface area contributed by atoms with Crippen LogP contribution in [0.3, 0.4) is 0 Å². The predicted molar refractivity (Wildman–Crippen MR) is 66.4 cm³/mol. The largest absolute Gasteiger partial charge is 0.398 e. The summed E-state index contributed by atoms with van der Waals surface area (Å²) in [4.78, 5) is 0. The highest BCUT2D eigenvalue weighted by Crippen LogP contribution is 2.20. The summed E-state index contributed by atoms with van der Waals surface area (Å²) in [6.07, 6.45) is 1.89. The van der Waals surface area contributed by atoms with E-state index in [0.29, 0.717) is 17.3 Å². The number of rotatable bonds is 3. The zero-order valence-electron chi connectivity index (χ0n) is 8.94. The zero-order valence-corrected chi connectivity index (χ0v) is 9.70. The van der Waals surface area contributed by atoms with E-state index >= 15 is 0 Å². The standard InChI is InChI=1S/C11H13ClN4/c1-16-5-4-11(15-16)14-7-8-2-3-10(13)9(12)6-8/h2-6H,7,13H2,1H3,(H,14,15). The molecule has 0 radical (unpaired) electrons. The third-order valence-electron chi connectivity index (χ3n) is 2.25. The smallest absolute Gasteiger partial charge is 0.148 e. The molecule has 16 heavy (non-hydrogen) atoms. The molecule has 0 aliphatic rings. The number of hydrogen-bond donors (Lipinski definition) is 2. The Bertz CT molecular complexity index is 492. The lowest BCUT2D eigenvalue weighted by Gasteiger charge is -2.05. The summed E-state index contributed by atoms with van der Waals surface area (Å²) in [6, 6.07) is 7.51. The number of anilines is 2. The molecule has 5 heteroatoms. The van der Waals surface area contributed by atoms with E-state index in [4.69, 9.17) is 17.3 Å². The number of hydrogen-bond acceptors (Lipinski definition) is 3. The fourth-order valence-corrected chi connectivity index (χ4v) is 1.59. The van der Waals surface area contributed by atoms with E-state index in [9.17, 15) is 0 Å². The fraction of sp³-hybridized carbons (Fsp3) is 0.182. The van der Waals surface area contributed by atoms with Crippen LogP contribution in [0.2, 0.25) is 5.02 Å². The predicted octanol–water partition coefficient (Wildman–Crippen LogP) is 2.27. The number of aryl methyl sites for hydroxylation is 1. The highest BCUT2D eigenvalue weighted by Gasteiger charge is 2.00. The molecule has 0 amide bonds. The average molecular weight is 237 g/mol. The van der Waals surface area contributed by atoms with Gasteiger partial charge in [-0.3, -0.25) is 4.68 Å². The second kappa shape index (κ2) is 4.45. The minimum atomic E-state index is 0.584. The second-order valence-electron chi connectivity index (χ2n) is 3.58. The molecule has 0 saturated heterocycles. The molecule has 0 atom stereocenters. The maximum absolute atomic E-state index is 5.93. The topological polar surface area (TPSA) is 55.9 Å². The molecule has 3 N–H and O–H groups in total. The lowest BCUT2D eigenvalue weighted by Crippen LogP contribution is -2.01. The van der Waals surface area contributed by atoms with Crippen molar-refractivity contribution in [3.63, 3.8) is 0 Å². The van der Waals surface area contributed by atoms with Gasteiger partial charge in [-0.25, -0.2) is 0 Å². The van der Waals surface area contributed by atoms with E-state index in [1.54, 1.807) is 10.7 Å². The maximum atomic E-state index is 5.93. The van der Waals surface area contributed by atoms with Gasteiger partial charge < -0.3 is 11.1 Å². The molecular weight excluding hydrogens is 224 g/mol. The molecule has 1 aromatic heterocycles. The van der Waals surface area contributed by atoms with Gasteiger partial charge in [0.15, 0.2) is 0 Å². The monoisotopic (exact) mass is 236 g/mol. The number of benzene rings is 1. The molecule has 0 unspecified atom stereocenters. The first-order valence-corrected chi connectivity index (χ1v) is 5.30. The third kappa shape index (κ3) is 2.46. The van der Waals surface area contributed by atoms with Crippen molar-refractivity contribution >= 4 is 23.1 Å². The summed E-state index contributed by atoms with van der Waals surface area (Å²) >= 11 is 5.93. The van der Waals surface area contributed by atoms with Crippen molar-refractivity contribution in [2.75, 3.05) is 11.1 Å². The van der Waals surface area contributed by atoms with Crippen LogP contribution in [0.5, 0.6) is 0 Å². The van der Waals surface area contributed by atoms with Gasteiger partial charge >= 0.3 is 0 Å². The maximum Gasteiger partial charge on any atom is 0.148 e. The van der Waals surface area contributed by atoms with E-state index in [1.807, 2.05) is 31.4 Å². The Balaban J connectivity index is 2.02. The highest BCUT2D eigenvalue weighted by molar-refractivity contribution is 6.33. The molecule has 2 aromatic rings. The van der Waals surface area contributed by atoms with E-state index in [2.05, 4.69) is 10.4 Å². The molecule has 0 aliphatic heterocycles.